The fourth-order valence-corrected chi connectivity index (χ4v) is 1.41. The zero-order valence-electron chi connectivity index (χ0n) is 10.2. The SMILES string of the molecule is CCC(Br)C(=O)NC(CC(C)C)C(=O)OC. The Bertz CT molecular complexity index is 243. The first-order valence-corrected chi connectivity index (χ1v) is 6.36. The van der Waals surface area contributed by atoms with Crippen molar-refractivity contribution in [2.45, 2.75) is 44.5 Å². The number of methoxy groups -OCH3 is 1. The quantitative estimate of drug-likeness (QED) is 0.601. The van der Waals surface area contributed by atoms with Gasteiger partial charge in [0.2, 0.25) is 5.91 Å². The van der Waals surface area contributed by atoms with Gasteiger partial charge in [-0.15, -0.1) is 0 Å². The number of hydrogen-bond donors (Lipinski definition) is 1. The van der Waals surface area contributed by atoms with E-state index in [0.717, 1.165) is 0 Å². The molecule has 0 aliphatic carbocycles. The van der Waals surface area contributed by atoms with Crippen molar-refractivity contribution in [2.75, 3.05) is 7.11 Å². The number of halogens is 1. The number of amides is 1. The predicted molar refractivity (Wildman–Crippen MR) is 66.4 cm³/mol. The number of rotatable bonds is 6. The van der Waals surface area contributed by atoms with Gasteiger partial charge in [-0.25, -0.2) is 4.79 Å². The molecule has 0 bridgehead atoms. The molecule has 0 saturated carbocycles. The first-order valence-electron chi connectivity index (χ1n) is 5.44. The number of carbonyl (C=O) groups excluding carboxylic acids is 2. The minimum atomic E-state index is -0.552. The van der Waals surface area contributed by atoms with Gasteiger partial charge in [-0.05, 0) is 18.8 Å². The molecule has 16 heavy (non-hydrogen) atoms. The maximum absolute atomic E-state index is 11.6. The average molecular weight is 294 g/mol. The lowest BCUT2D eigenvalue weighted by molar-refractivity contribution is -0.145. The van der Waals surface area contributed by atoms with Gasteiger partial charge in [0.05, 0.1) is 11.9 Å². The molecule has 1 N–H and O–H groups in total. The molecule has 0 aromatic rings. The standard InChI is InChI=1S/C11H20BrNO3/c1-5-8(12)10(14)13-9(6-7(2)3)11(15)16-4/h7-9H,5-6H2,1-4H3,(H,13,14). The van der Waals surface area contributed by atoms with E-state index in [9.17, 15) is 9.59 Å². The first-order chi connectivity index (χ1) is 7.42. The molecule has 0 saturated heterocycles. The third-order valence-electron chi connectivity index (χ3n) is 2.15. The highest BCUT2D eigenvalue weighted by Gasteiger charge is 2.24. The molecule has 0 aromatic heterocycles. The van der Waals surface area contributed by atoms with Gasteiger partial charge in [-0.1, -0.05) is 36.7 Å². The lowest BCUT2D eigenvalue weighted by Gasteiger charge is -2.19. The Morgan fingerprint density at radius 2 is 1.94 bits per heavy atom. The van der Waals surface area contributed by atoms with Gasteiger partial charge in [0.25, 0.3) is 0 Å². The molecule has 0 aromatic carbocycles. The molecule has 2 unspecified atom stereocenters. The van der Waals surface area contributed by atoms with E-state index in [2.05, 4.69) is 26.0 Å². The maximum atomic E-state index is 11.6. The number of hydrogen-bond acceptors (Lipinski definition) is 3. The van der Waals surface area contributed by atoms with Crippen LogP contribution in [-0.2, 0) is 14.3 Å². The molecule has 5 heteroatoms. The van der Waals surface area contributed by atoms with Crippen molar-refractivity contribution in [3.8, 4) is 0 Å². The summed E-state index contributed by atoms with van der Waals surface area (Å²) < 4.78 is 4.66. The molecule has 0 aliphatic rings. The highest BCUT2D eigenvalue weighted by molar-refractivity contribution is 9.10. The van der Waals surface area contributed by atoms with Crippen molar-refractivity contribution in [3.05, 3.63) is 0 Å². The lowest BCUT2D eigenvalue weighted by Crippen LogP contribution is -2.45. The Morgan fingerprint density at radius 3 is 2.31 bits per heavy atom. The van der Waals surface area contributed by atoms with Gasteiger partial charge in [-0.3, -0.25) is 4.79 Å². The Hall–Kier alpha value is -0.580. The van der Waals surface area contributed by atoms with Gasteiger partial charge in [-0.2, -0.15) is 0 Å². The second-order valence-corrected chi connectivity index (χ2v) is 5.19. The molecular weight excluding hydrogens is 274 g/mol. The summed E-state index contributed by atoms with van der Waals surface area (Å²) >= 11 is 3.24. The number of carbonyl (C=O) groups is 2. The van der Waals surface area contributed by atoms with E-state index in [4.69, 9.17) is 0 Å². The van der Waals surface area contributed by atoms with Crippen molar-refractivity contribution in [2.24, 2.45) is 5.92 Å². The molecule has 0 fully saturated rings. The highest BCUT2D eigenvalue weighted by Crippen LogP contribution is 2.09. The highest BCUT2D eigenvalue weighted by atomic mass is 79.9. The van der Waals surface area contributed by atoms with E-state index >= 15 is 0 Å². The van der Waals surface area contributed by atoms with Crippen LogP contribution in [0.2, 0.25) is 0 Å². The van der Waals surface area contributed by atoms with Gasteiger partial charge >= 0.3 is 5.97 Å². The molecule has 4 nitrogen and oxygen atoms in total. The van der Waals surface area contributed by atoms with Crippen molar-refractivity contribution in [1.82, 2.24) is 5.32 Å². The minimum absolute atomic E-state index is 0.168. The molecule has 0 heterocycles. The van der Waals surface area contributed by atoms with Crippen LogP contribution in [0.15, 0.2) is 0 Å². The summed E-state index contributed by atoms with van der Waals surface area (Å²) in [5.74, 6) is -0.240. The summed E-state index contributed by atoms with van der Waals surface area (Å²) in [6.45, 7) is 5.88. The number of ether oxygens (including phenoxy) is 1. The second-order valence-electron chi connectivity index (χ2n) is 4.09. The molecule has 0 rings (SSSR count). The molecule has 0 aliphatic heterocycles. The maximum Gasteiger partial charge on any atom is 0.328 e. The van der Waals surface area contributed by atoms with E-state index in [-0.39, 0.29) is 10.7 Å². The summed E-state index contributed by atoms with van der Waals surface area (Å²) in [5.41, 5.74) is 0. The van der Waals surface area contributed by atoms with Crippen LogP contribution in [0.1, 0.15) is 33.6 Å². The van der Waals surface area contributed by atoms with Crippen LogP contribution in [0.5, 0.6) is 0 Å². The normalized spacial score (nSPS) is 14.4. The summed E-state index contributed by atoms with van der Waals surface area (Å²) in [6.07, 6.45) is 1.27. The second kappa shape index (κ2) is 7.65. The average Bonchev–Trinajstić information content (AvgIpc) is 2.25. The minimum Gasteiger partial charge on any atom is -0.467 e. The topological polar surface area (TPSA) is 55.4 Å². The Labute approximate surface area is 105 Å². The fraction of sp³-hybridized carbons (Fsp3) is 0.818. The Kier molecular flexibility index (Phi) is 7.38. The van der Waals surface area contributed by atoms with E-state index < -0.39 is 12.0 Å². The zero-order chi connectivity index (χ0) is 12.7. The Morgan fingerprint density at radius 1 is 1.38 bits per heavy atom. The molecule has 94 valence electrons. The smallest absolute Gasteiger partial charge is 0.328 e. The van der Waals surface area contributed by atoms with Crippen molar-refractivity contribution >= 4 is 27.8 Å². The number of alkyl halides is 1. The largest absolute Gasteiger partial charge is 0.467 e. The zero-order valence-corrected chi connectivity index (χ0v) is 11.8. The van der Waals surface area contributed by atoms with E-state index in [0.29, 0.717) is 18.8 Å². The molecule has 0 radical (unpaired) electrons. The van der Waals surface area contributed by atoms with E-state index in [1.807, 2.05) is 20.8 Å². The monoisotopic (exact) mass is 293 g/mol. The predicted octanol–water partition coefficient (Wildman–Crippen LogP) is 1.86. The van der Waals surface area contributed by atoms with Crippen LogP contribution in [0.4, 0.5) is 0 Å². The fourth-order valence-electron chi connectivity index (χ4n) is 1.28. The number of esters is 1. The molecule has 0 spiro atoms. The molecule has 1 amide bonds. The van der Waals surface area contributed by atoms with Crippen LogP contribution in [0.25, 0.3) is 0 Å². The van der Waals surface area contributed by atoms with Gasteiger partial charge < -0.3 is 10.1 Å². The van der Waals surface area contributed by atoms with Gasteiger partial charge in [0, 0.05) is 0 Å². The third-order valence-corrected chi connectivity index (χ3v) is 3.22. The van der Waals surface area contributed by atoms with Crippen LogP contribution in [-0.4, -0.2) is 29.9 Å². The number of nitrogens with one attached hydrogen (secondary N) is 1. The summed E-state index contributed by atoms with van der Waals surface area (Å²) in [5, 5.41) is 2.69. The third kappa shape index (κ3) is 5.49. The summed E-state index contributed by atoms with van der Waals surface area (Å²) in [6, 6.07) is -0.552. The summed E-state index contributed by atoms with van der Waals surface area (Å²) in [7, 11) is 1.33. The Balaban J connectivity index is 4.42. The van der Waals surface area contributed by atoms with Crippen LogP contribution in [0, 0.1) is 5.92 Å². The van der Waals surface area contributed by atoms with Crippen molar-refractivity contribution in [1.29, 1.82) is 0 Å². The van der Waals surface area contributed by atoms with Crippen molar-refractivity contribution < 1.29 is 14.3 Å². The van der Waals surface area contributed by atoms with E-state index in [1.54, 1.807) is 0 Å². The van der Waals surface area contributed by atoms with Crippen molar-refractivity contribution in [3.63, 3.8) is 0 Å². The lowest BCUT2D eigenvalue weighted by atomic mass is 10.0. The van der Waals surface area contributed by atoms with E-state index in [1.165, 1.54) is 7.11 Å². The molecular formula is C11H20BrNO3. The van der Waals surface area contributed by atoms with Crippen LogP contribution < -0.4 is 5.32 Å². The first kappa shape index (κ1) is 15.4. The van der Waals surface area contributed by atoms with Gasteiger partial charge in [0.15, 0.2) is 0 Å². The van der Waals surface area contributed by atoms with Crippen LogP contribution >= 0.6 is 15.9 Å². The summed E-state index contributed by atoms with van der Waals surface area (Å²) in [4.78, 5) is 22.8. The van der Waals surface area contributed by atoms with Gasteiger partial charge in [0.1, 0.15) is 6.04 Å². The van der Waals surface area contributed by atoms with Crippen LogP contribution in [0.3, 0.4) is 0 Å². The molecule has 2 atom stereocenters.